The molecule has 1 aliphatic heterocycles. The SMILES string of the molecule is CC(=O)Nc1cccc([C@@H]2O[C@H](CSc3ncn[nH]3)C[C@H](c3ccc(CO)cc3)O2)c1. The molecule has 0 spiro atoms. The zero-order valence-electron chi connectivity index (χ0n) is 17.0. The molecular weight excluding hydrogens is 416 g/mol. The number of amides is 1. The van der Waals surface area contributed by atoms with E-state index in [0.717, 1.165) is 21.8 Å². The number of aliphatic hydroxyl groups is 1. The highest BCUT2D eigenvalue weighted by atomic mass is 32.2. The van der Waals surface area contributed by atoms with E-state index in [1.807, 2.05) is 48.5 Å². The number of rotatable bonds is 7. The average molecular weight is 441 g/mol. The second kappa shape index (κ2) is 10.1. The third-order valence-electron chi connectivity index (χ3n) is 4.89. The summed E-state index contributed by atoms with van der Waals surface area (Å²) in [5.74, 6) is 0.553. The van der Waals surface area contributed by atoms with Crippen LogP contribution in [0.4, 0.5) is 5.69 Å². The molecule has 2 aromatic carbocycles. The number of aliphatic hydroxyl groups excluding tert-OH is 1. The lowest BCUT2D eigenvalue weighted by Crippen LogP contribution is -2.31. The standard InChI is InChI=1S/C22H24N4O4S/c1-14(28)25-18-4-2-3-17(9-18)21-29-19(12-31-22-23-13-24-26-22)10-20(30-21)16-7-5-15(11-27)6-8-16/h2-9,13,19-21,27H,10-12H2,1H3,(H,25,28)(H,23,24,26)/t19-,20+,21+/m0/s1. The van der Waals surface area contributed by atoms with E-state index in [-0.39, 0.29) is 24.7 Å². The fraction of sp³-hybridized carbons (Fsp3) is 0.318. The van der Waals surface area contributed by atoms with Crippen LogP contribution in [-0.2, 0) is 20.9 Å². The van der Waals surface area contributed by atoms with Crippen LogP contribution in [-0.4, -0.2) is 38.1 Å². The molecule has 0 unspecified atom stereocenters. The smallest absolute Gasteiger partial charge is 0.221 e. The first kappa shape index (κ1) is 21.5. The van der Waals surface area contributed by atoms with Crippen LogP contribution in [0.3, 0.4) is 0 Å². The number of H-pyrrole nitrogens is 1. The summed E-state index contributed by atoms with van der Waals surface area (Å²) in [6.07, 6.45) is 1.33. The Kier molecular flexibility index (Phi) is 6.98. The van der Waals surface area contributed by atoms with Crippen LogP contribution in [0.25, 0.3) is 0 Å². The van der Waals surface area contributed by atoms with Crippen LogP contribution >= 0.6 is 11.8 Å². The summed E-state index contributed by atoms with van der Waals surface area (Å²) in [5, 5.41) is 19.6. The summed E-state index contributed by atoms with van der Waals surface area (Å²) in [5.41, 5.74) is 3.41. The first-order valence-corrected chi connectivity index (χ1v) is 11.0. The maximum Gasteiger partial charge on any atom is 0.221 e. The second-order valence-electron chi connectivity index (χ2n) is 7.26. The van der Waals surface area contributed by atoms with Crippen molar-refractivity contribution >= 4 is 23.4 Å². The Morgan fingerprint density at radius 1 is 1.23 bits per heavy atom. The highest BCUT2D eigenvalue weighted by molar-refractivity contribution is 7.99. The van der Waals surface area contributed by atoms with Gasteiger partial charge in [-0.3, -0.25) is 9.89 Å². The number of anilines is 1. The van der Waals surface area contributed by atoms with Gasteiger partial charge in [0.2, 0.25) is 5.91 Å². The van der Waals surface area contributed by atoms with E-state index in [2.05, 4.69) is 20.5 Å². The van der Waals surface area contributed by atoms with Gasteiger partial charge in [0.25, 0.3) is 0 Å². The number of nitrogens with one attached hydrogen (secondary N) is 2. The largest absolute Gasteiger partial charge is 0.392 e. The van der Waals surface area contributed by atoms with Gasteiger partial charge in [0.1, 0.15) is 6.33 Å². The molecule has 1 aromatic heterocycles. The van der Waals surface area contributed by atoms with E-state index in [1.54, 1.807) is 11.8 Å². The first-order valence-electron chi connectivity index (χ1n) is 9.97. The van der Waals surface area contributed by atoms with E-state index >= 15 is 0 Å². The minimum Gasteiger partial charge on any atom is -0.392 e. The zero-order valence-corrected chi connectivity index (χ0v) is 17.8. The van der Waals surface area contributed by atoms with Crippen LogP contribution in [0.15, 0.2) is 60.0 Å². The predicted molar refractivity (Wildman–Crippen MR) is 116 cm³/mol. The molecule has 2 heterocycles. The third-order valence-corrected chi connectivity index (χ3v) is 5.90. The van der Waals surface area contributed by atoms with E-state index in [4.69, 9.17) is 9.47 Å². The van der Waals surface area contributed by atoms with Crippen molar-refractivity contribution < 1.29 is 19.4 Å². The number of benzene rings is 2. The molecule has 3 atom stereocenters. The van der Waals surface area contributed by atoms with Gasteiger partial charge in [-0.25, -0.2) is 4.98 Å². The number of carbonyl (C=O) groups is 1. The van der Waals surface area contributed by atoms with Gasteiger partial charge in [0.05, 0.1) is 18.8 Å². The van der Waals surface area contributed by atoms with Crippen molar-refractivity contribution in [2.45, 2.75) is 43.6 Å². The van der Waals surface area contributed by atoms with Gasteiger partial charge < -0.3 is 19.9 Å². The highest BCUT2D eigenvalue weighted by Gasteiger charge is 2.32. The minimum absolute atomic E-state index is 0.00390. The van der Waals surface area contributed by atoms with Crippen molar-refractivity contribution in [3.8, 4) is 0 Å². The number of carbonyl (C=O) groups excluding carboxylic acids is 1. The zero-order chi connectivity index (χ0) is 21.6. The monoisotopic (exact) mass is 440 g/mol. The number of nitrogens with zero attached hydrogens (tertiary/aromatic N) is 2. The minimum atomic E-state index is -0.578. The molecule has 3 N–H and O–H groups in total. The Morgan fingerprint density at radius 2 is 2.06 bits per heavy atom. The van der Waals surface area contributed by atoms with Crippen LogP contribution in [0.2, 0.25) is 0 Å². The van der Waals surface area contributed by atoms with Crippen LogP contribution in [0, 0.1) is 0 Å². The molecule has 4 rings (SSSR count). The number of hydrogen-bond acceptors (Lipinski definition) is 7. The van der Waals surface area contributed by atoms with Crippen molar-refractivity contribution in [2.75, 3.05) is 11.1 Å². The molecule has 1 amide bonds. The van der Waals surface area contributed by atoms with E-state index < -0.39 is 6.29 Å². The van der Waals surface area contributed by atoms with Crippen molar-refractivity contribution in [3.63, 3.8) is 0 Å². The van der Waals surface area contributed by atoms with Gasteiger partial charge in [-0.05, 0) is 23.3 Å². The molecule has 31 heavy (non-hydrogen) atoms. The molecule has 0 aliphatic carbocycles. The molecule has 3 aromatic rings. The molecule has 9 heteroatoms. The summed E-state index contributed by atoms with van der Waals surface area (Å²) in [4.78, 5) is 15.6. The molecule has 0 bridgehead atoms. The Labute approximate surface area is 184 Å². The maximum absolute atomic E-state index is 11.4. The molecule has 1 aliphatic rings. The quantitative estimate of drug-likeness (QED) is 0.482. The lowest BCUT2D eigenvalue weighted by atomic mass is 10.0. The fourth-order valence-electron chi connectivity index (χ4n) is 3.42. The average Bonchev–Trinajstić information content (AvgIpc) is 3.31. The Bertz CT molecular complexity index is 997. The van der Waals surface area contributed by atoms with Gasteiger partial charge in [-0.2, -0.15) is 5.10 Å². The summed E-state index contributed by atoms with van der Waals surface area (Å²) in [6, 6.07) is 15.2. The summed E-state index contributed by atoms with van der Waals surface area (Å²) in [6.45, 7) is 1.48. The predicted octanol–water partition coefficient (Wildman–Crippen LogP) is 3.59. The van der Waals surface area contributed by atoms with E-state index in [1.165, 1.54) is 13.3 Å². The lowest BCUT2D eigenvalue weighted by Gasteiger charge is -2.36. The number of ether oxygens (including phenoxy) is 2. The number of aromatic nitrogens is 3. The van der Waals surface area contributed by atoms with Crippen molar-refractivity contribution in [1.82, 2.24) is 15.2 Å². The van der Waals surface area contributed by atoms with E-state index in [0.29, 0.717) is 17.9 Å². The van der Waals surface area contributed by atoms with Crippen molar-refractivity contribution in [2.24, 2.45) is 0 Å². The number of thioether (sulfide) groups is 1. The third kappa shape index (κ3) is 5.71. The molecule has 0 saturated carbocycles. The number of aromatic amines is 1. The van der Waals surface area contributed by atoms with Gasteiger partial charge in [-0.1, -0.05) is 48.2 Å². The van der Waals surface area contributed by atoms with Crippen LogP contribution < -0.4 is 5.32 Å². The molecule has 162 valence electrons. The lowest BCUT2D eigenvalue weighted by molar-refractivity contribution is -0.245. The molecule has 1 fully saturated rings. The Hall–Kier alpha value is -2.72. The van der Waals surface area contributed by atoms with Crippen molar-refractivity contribution in [1.29, 1.82) is 0 Å². The van der Waals surface area contributed by atoms with Gasteiger partial charge in [0, 0.05) is 30.3 Å². The fourth-order valence-corrected chi connectivity index (χ4v) is 4.22. The molecule has 8 nitrogen and oxygen atoms in total. The van der Waals surface area contributed by atoms with E-state index in [9.17, 15) is 9.90 Å². The molecule has 1 saturated heterocycles. The van der Waals surface area contributed by atoms with Crippen LogP contribution in [0.1, 0.15) is 42.4 Å². The maximum atomic E-state index is 11.4. The topological polar surface area (TPSA) is 109 Å². The number of hydrogen-bond donors (Lipinski definition) is 3. The summed E-state index contributed by atoms with van der Waals surface area (Å²) >= 11 is 1.55. The Morgan fingerprint density at radius 3 is 2.77 bits per heavy atom. The van der Waals surface area contributed by atoms with Gasteiger partial charge in [0.15, 0.2) is 11.4 Å². The highest BCUT2D eigenvalue weighted by Crippen LogP contribution is 2.39. The molecular formula is C22H24N4O4S. The summed E-state index contributed by atoms with van der Waals surface area (Å²) < 4.78 is 12.6. The Balaban J connectivity index is 1.55. The molecule has 0 radical (unpaired) electrons. The first-order chi connectivity index (χ1) is 15.1. The second-order valence-corrected chi connectivity index (χ2v) is 8.27. The normalized spacial score (nSPS) is 21.0. The van der Waals surface area contributed by atoms with Gasteiger partial charge >= 0.3 is 0 Å². The van der Waals surface area contributed by atoms with Crippen molar-refractivity contribution in [3.05, 3.63) is 71.5 Å². The van der Waals surface area contributed by atoms with Gasteiger partial charge in [-0.15, -0.1) is 0 Å². The van der Waals surface area contributed by atoms with Crippen LogP contribution in [0.5, 0.6) is 0 Å². The summed E-state index contributed by atoms with van der Waals surface area (Å²) in [7, 11) is 0.